The molecule has 0 aromatic rings. The third-order valence-corrected chi connectivity index (χ3v) is 3.53. The van der Waals surface area contributed by atoms with Crippen LogP contribution in [-0.4, -0.2) is 54.6 Å². The predicted molar refractivity (Wildman–Crippen MR) is 60.1 cm³/mol. The summed E-state index contributed by atoms with van der Waals surface area (Å²) in [5.74, 6) is 0. The average Bonchev–Trinajstić information content (AvgIpc) is 2.88. The molecule has 2 atom stereocenters. The first-order valence-electron chi connectivity index (χ1n) is 6.17. The Morgan fingerprint density at radius 2 is 2.12 bits per heavy atom. The van der Waals surface area contributed by atoms with Crippen molar-refractivity contribution < 1.29 is 14.2 Å². The number of β-amino-alcohol motifs (C(OH)–C–C–N with tert-alkyl or cyclic N) is 1. The highest BCUT2D eigenvalue weighted by atomic mass is 19.1. The fourth-order valence-electron chi connectivity index (χ4n) is 2.29. The van der Waals surface area contributed by atoms with E-state index in [1.807, 2.05) is 18.7 Å². The molecule has 0 spiro atoms. The summed E-state index contributed by atoms with van der Waals surface area (Å²) < 4.78 is 18.8. The molecule has 1 heterocycles. The highest BCUT2D eigenvalue weighted by Gasteiger charge is 2.46. The van der Waals surface area contributed by atoms with Gasteiger partial charge >= 0.3 is 0 Å². The second-order valence-corrected chi connectivity index (χ2v) is 5.64. The van der Waals surface area contributed by atoms with E-state index in [1.54, 1.807) is 0 Å². The lowest BCUT2D eigenvalue weighted by Crippen LogP contribution is -2.32. The first-order valence-corrected chi connectivity index (χ1v) is 6.17. The Bertz CT molecular complexity index is 233. The molecule has 3 nitrogen and oxygen atoms in total. The van der Waals surface area contributed by atoms with Crippen LogP contribution in [0.3, 0.4) is 0 Å². The van der Waals surface area contributed by atoms with Gasteiger partial charge in [-0.25, -0.2) is 4.39 Å². The molecule has 1 saturated heterocycles. The van der Waals surface area contributed by atoms with Gasteiger partial charge in [-0.3, -0.25) is 4.90 Å². The molecule has 1 N–H and O–H groups in total. The van der Waals surface area contributed by atoms with Crippen molar-refractivity contribution in [3.8, 4) is 0 Å². The number of nitrogens with zero attached hydrogens (tertiary/aromatic N) is 1. The lowest BCUT2D eigenvalue weighted by atomic mass is 10.1. The van der Waals surface area contributed by atoms with Gasteiger partial charge < -0.3 is 9.84 Å². The Labute approximate surface area is 96.6 Å². The van der Waals surface area contributed by atoms with Gasteiger partial charge in [0.1, 0.15) is 6.17 Å². The number of ether oxygens (including phenoxy) is 1. The highest BCUT2D eigenvalue weighted by molar-refractivity contribution is 4.98. The summed E-state index contributed by atoms with van der Waals surface area (Å²) in [7, 11) is 0. The van der Waals surface area contributed by atoms with Crippen molar-refractivity contribution in [3.63, 3.8) is 0 Å². The maximum absolute atomic E-state index is 13.2. The van der Waals surface area contributed by atoms with Crippen molar-refractivity contribution in [3.05, 3.63) is 0 Å². The van der Waals surface area contributed by atoms with E-state index in [0.29, 0.717) is 13.1 Å². The molecule has 2 rings (SSSR count). The van der Waals surface area contributed by atoms with Gasteiger partial charge in [0.15, 0.2) is 0 Å². The summed E-state index contributed by atoms with van der Waals surface area (Å²) in [6.07, 6.45) is 0.742. The number of alkyl halides is 1. The summed E-state index contributed by atoms with van der Waals surface area (Å²) in [5, 5.41) is 9.36. The highest BCUT2D eigenvalue weighted by Crippen LogP contribution is 2.47. The molecule has 1 saturated carbocycles. The van der Waals surface area contributed by atoms with E-state index in [2.05, 4.69) is 0 Å². The van der Waals surface area contributed by atoms with Crippen LogP contribution in [0.2, 0.25) is 0 Å². The van der Waals surface area contributed by atoms with Crippen molar-refractivity contribution in [2.75, 3.05) is 26.2 Å². The minimum absolute atomic E-state index is 0.244. The molecule has 94 valence electrons. The van der Waals surface area contributed by atoms with Crippen molar-refractivity contribution in [1.82, 2.24) is 4.90 Å². The van der Waals surface area contributed by atoms with Gasteiger partial charge in [0, 0.05) is 25.0 Å². The molecule has 0 bridgehead atoms. The number of hydrogen-bond acceptors (Lipinski definition) is 3. The van der Waals surface area contributed by atoms with Gasteiger partial charge in [-0.2, -0.15) is 0 Å². The van der Waals surface area contributed by atoms with Crippen LogP contribution in [0.4, 0.5) is 4.39 Å². The molecule has 1 aliphatic heterocycles. The van der Waals surface area contributed by atoms with Crippen LogP contribution in [0, 0.1) is 5.41 Å². The molecule has 0 aromatic carbocycles. The van der Waals surface area contributed by atoms with Gasteiger partial charge in [-0.15, -0.1) is 0 Å². The lowest BCUT2D eigenvalue weighted by molar-refractivity contribution is 0.0321. The Morgan fingerprint density at radius 1 is 1.44 bits per heavy atom. The van der Waals surface area contributed by atoms with Crippen molar-refractivity contribution in [2.24, 2.45) is 5.41 Å². The van der Waals surface area contributed by atoms with Gasteiger partial charge in [0.25, 0.3) is 0 Å². The fraction of sp³-hybridized carbons (Fsp3) is 1.00. The summed E-state index contributed by atoms with van der Waals surface area (Å²) >= 11 is 0. The van der Waals surface area contributed by atoms with E-state index < -0.39 is 12.3 Å². The standard InChI is InChI=1S/C12H22FNO2/c1-9(2)16-8-12(3-4-12)7-14-5-10(13)11(15)6-14/h9-11,15H,3-8H2,1-2H3/t10-,11-/m0/s1. The SMILES string of the molecule is CC(C)OCC1(CN2C[C@H](O)[C@@H](F)C2)CC1. The summed E-state index contributed by atoms with van der Waals surface area (Å²) in [6, 6.07) is 0. The zero-order valence-electron chi connectivity index (χ0n) is 10.2. The van der Waals surface area contributed by atoms with Crippen LogP contribution < -0.4 is 0 Å². The molecule has 0 amide bonds. The monoisotopic (exact) mass is 231 g/mol. The van der Waals surface area contributed by atoms with Gasteiger partial charge in [-0.1, -0.05) is 0 Å². The van der Waals surface area contributed by atoms with Crippen LogP contribution >= 0.6 is 0 Å². The topological polar surface area (TPSA) is 32.7 Å². The predicted octanol–water partition coefficient (Wildman–Crippen LogP) is 1.21. The molecule has 0 radical (unpaired) electrons. The molecule has 2 aliphatic rings. The van der Waals surface area contributed by atoms with Gasteiger partial charge in [-0.05, 0) is 26.7 Å². The number of halogens is 1. The lowest BCUT2D eigenvalue weighted by Gasteiger charge is -2.23. The van der Waals surface area contributed by atoms with E-state index in [1.165, 1.54) is 12.8 Å². The summed E-state index contributed by atoms with van der Waals surface area (Å²) in [6.45, 7) is 6.57. The third-order valence-electron chi connectivity index (χ3n) is 3.53. The van der Waals surface area contributed by atoms with Gasteiger partial charge in [0.2, 0.25) is 0 Å². The number of hydrogen-bond donors (Lipinski definition) is 1. The Hall–Kier alpha value is -0.190. The maximum Gasteiger partial charge on any atom is 0.140 e. The van der Waals surface area contributed by atoms with E-state index >= 15 is 0 Å². The molecule has 1 aliphatic carbocycles. The van der Waals surface area contributed by atoms with E-state index in [4.69, 9.17) is 4.74 Å². The van der Waals surface area contributed by atoms with E-state index in [0.717, 1.165) is 13.2 Å². The Balaban J connectivity index is 1.77. The second kappa shape index (κ2) is 4.59. The number of aliphatic hydroxyl groups is 1. The number of rotatable bonds is 5. The Kier molecular flexibility index (Phi) is 3.52. The van der Waals surface area contributed by atoms with Crippen molar-refractivity contribution in [2.45, 2.75) is 45.1 Å². The van der Waals surface area contributed by atoms with E-state index in [9.17, 15) is 9.50 Å². The van der Waals surface area contributed by atoms with Crippen LogP contribution in [0.5, 0.6) is 0 Å². The molecule has 0 unspecified atom stereocenters. The maximum atomic E-state index is 13.2. The van der Waals surface area contributed by atoms with Crippen LogP contribution in [-0.2, 0) is 4.74 Å². The summed E-state index contributed by atoms with van der Waals surface area (Å²) in [5.41, 5.74) is 0.244. The minimum Gasteiger partial charge on any atom is -0.389 e. The van der Waals surface area contributed by atoms with Crippen molar-refractivity contribution in [1.29, 1.82) is 0 Å². The van der Waals surface area contributed by atoms with Gasteiger partial charge in [0.05, 0.1) is 18.8 Å². The number of aliphatic hydroxyl groups excluding tert-OH is 1. The minimum atomic E-state index is -1.07. The summed E-state index contributed by atoms with van der Waals surface area (Å²) in [4.78, 5) is 2.03. The normalized spacial score (nSPS) is 33.6. The molecule has 4 heteroatoms. The molecule has 2 fully saturated rings. The third kappa shape index (κ3) is 2.93. The van der Waals surface area contributed by atoms with E-state index in [-0.39, 0.29) is 11.5 Å². The number of likely N-dealkylation sites (tertiary alicyclic amines) is 1. The second-order valence-electron chi connectivity index (χ2n) is 5.64. The molecular weight excluding hydrogens is 209 g/mol. The van der Waals surface area contributed by atoms with Crippen molar-refractivity contribution >= 4 is 0 Å². The first kappa shape index (κ1) is 12.3. The smallest absolute Gasteiger partial charge is 0.140 e. The quantitative estimate of drug-likeness (QED) is 0.772. The van der Waals surface area contributed by atoms with Crippen LogP contribution in [0.1, 0.15) is 26.7 Å². The zero-order chi connectivity index (χ0) is 11.8. The zero-order valence-corrected chi connectivity index (χ0v) is 10.2. The molecule has 16 heavy (non-hydrogen) atoms. The Morgan fingerprint density at radius 3 is 2.56 bits per heavy atom. The van der Waals surface area contributed by atoms with Crippen LogP contribution in [0.15, 0.2) is 0 Å². The molecular formula is C12H22FNO2. The molecule has 0 aromatic heterocycles. The largest absolute Gasteiger partial charge is 0.389 e. The fourth-order valence-corrected chi connectivity index (χ4v) is 2.29. The van der Waals surface area contributed by atoms with Crippen LogP contribution in [0.25, 0.3) is 0 Å². The first-order chi connectivity index (χ1) is 7.51. The average molecular weight is 231 g/mol.